The lowest BCUT2D eigenvalue weighted by molar-refractivity contribution is 0.181. The smallest absolute Gasteiger partial charge is 0.193 e. The minimum Gasteiger partial charge on any atom is -0.381 e. The molecule has 0 spiro atoms. The number of nitrogens with zero attached hydrogens (tertiary/aromatic N) is 5. The third-order valence-electron chi connectivity index (χ3n) is 4.51. The molecule has 2 heterocycles. The summed E-state index contributed by atoms with van der Waals surface area (Å²) in [5, 5.41) is 13.2. The summed E-state index contributed by atoms with van der Waals surface area (Å²) < 4.78 is 7.73. The maximum Gasteiger partial charge on any atom is 0.193 e. The Kier molecular flexibility index (Phi) is 8.71. The van der Waals surface area contributed by atoms with Crippen molar-refractivity contribution < 1.29 is 4.74 Å². The number of hydrogen-bond donors (Lipinski definition) is 1. The van der Waals surface area contributed by atoms with E-state index in [-0.39, 0.29) is 0 Å². The van der Waals surface area contributed by atoms with Crippen LogP contribution in [0.4, 0.5) is 0 Å². The lowest BCUT2D eigenvalue weighted by atomic mass is 10.1. The van der Waals surface area contributed by atoms with Gasteiger partial charge < -0.3 is 19.5 Å². The highest BCUT2D eigenvalue weighted by molar-refractivity contribution is 7.98. The number of nitrogens with one attached hydrogen (secondary N) is 1. The van der Waals surface area contributed by atoms with Crippen molar-refractivity contribution in [2.45, 2.75) is 44.8 Å². The van der Waals surface area contributed by atoms with Gasteiger partial charge in [0.15, 0.2) is 11.1 Å². The summed E-state index contributed by atoms with van der Waals surface area (Å²) in [7, 11) is 3.94. The van der Waals surface area contributed by atoms with Crippen LogP contribution in [-0.2, 0) is 17.7 Å². The van der Waals surface area contributed by atoms with Gasteiger partial charge in [-0.25, -0.2) is 0 Å². The van der Waals surface area contributed by atoms with Crippen LogP contribution >= 0.6 is 11.8 Å². The van der Waals surface area contributed by atoms with E-state index in [1.165, 1.54) is 0 Å². The second-order valence-electron chi connectivity index (χ2n) is 7.30. The van der Waals surface area contributed by atoms with Crippen LogP contribution in [0.2, 0.25) is 0 Å². The van der Waals surface area contributed by atoms with Gasteiger partial charge in [-0.15, -0.1) is 10.2 Å². The van der Waals surface area contributed by atoms with Crippen molar-refractivity contribution >= 4 is 17.7 Å². The summed E-state index contributed by atoms with van der Waals surface area (Å²) in [5.41, 5.74) is 0. The summed E-state index contributed by atoms with van der Waals surface area (Å²) in [6.07, 6.45) is 5.13. The van der Waals surface area contributed by atoms with E-state index in [9.17, 15) is 0 Å². The lowest BCUT2D eigenvalue weighted by Crippen LogP contribution is -2.41. The molecule has 1 saturated heterocycles. The number of hydrogen-bond acceptors (Lipinski definition) is 5. The third kappa shape index (κ3) is 6.16. The molecule has 0 amide bonds. The van der Waals surface area contributed by atoms with Gasteiger partial charge >= 0.3 is 0 Å². The molecule has 1 aliphatic rings. The SMILES string of the molecule is CN=C(NCCCc1nnc(SC)n1CC(C)C)N(C)CC1CCOC1. The first-order valence-corrected chi connectivity index (χ1v) is 10.7. The average molecular weight is 383 g/mol. The maximum absolute atomic E-state index is 5.46. The van der Waals surface area contributed by atoms with Crippen molar-refractivity contribution in [1.82, 2.24) is 25.0 Å². The van der Waals surface area contributed by atoms with E-state index in [0.717, 1.165) is 69.1 Å². The summed E-state index contributed by atoms with van der Waals surface area (Å²) in [5.74, 6) is 3.22. The van der Waals surface area contributed by atoms with Crippen LogP contribution in [0, 0.1) is 11.8 Å². The van der Waals surface area contributed by atoms with Crippen LogP contribution in [-0.4, -0.2) is 72.3 Å². The lowest BCUT2D eigenvalue weighted by Gasteiger charge is -2.24. The Labute approximate surface area is 162 Å². The Morgan fingerprint density at radius 3 is 2.88 bits per heavy atom. The maximum atomic E-state index is 5.46. The molecule has 26 heavy (non-hydrogen) atoms. The molecule has 7 nitrogen and oxygen atoms in total. The van der Waals surface area contributed by atoms with Gasteiger partial charge in [-0.3, -0.25) is 4.99 Å². The molecule has 1 N–H and O–H groups in total. The van der Waals surface area contributed by atoms with Crippen LogP contribution in [0.5, 0.6) is 0 Å². The van der Waals surface area contributed by atoms with Gasteiger partial charge in [0.2, 0.25) is 0 Å². The van der Waals surface area contributed by atoms with Crippen LogP contribution in [0.15, 0.2) is 10.1 Å². The molecule has 1 unspecified atom stereocenters. The molecule has 8 heteroatoms. The highest BCUT2D eigenvalue weighted by Gasteiger charge is 2.19. The first-order valence-electron chi connectivity index (χ1n) is 9.50. The van der Waals surface area contributed by atoms with Gasteiger partial charge in [0.05, 0.1) is 6.61 Å². The largest absolute Gasteiger partial charge is 0.381 e. The molecule has 0 radical (unpaired) electrons. The van der Waals surface area contributed by atoms with Crippen molar-refractivity contribution in [3.05, 3.63) is 5.82 Å². The highest BCUT2D eigenvalue weighted by atomic mass is 32.2. The molecule has 1 aliphatic heterocycles. The Hall–Kier alpha value is -1.28. The fourth-order valence-electron chi connectivity index (χ4n) is 3.24. The van der Waals surface area contributed by atoms with E-state index in [0.29, 0.717) is 11.8 Å². The fourth-order valence-corrected chi connectivity index (χ4v) is 3.76. The van der Waals surface area contributed by atoms with Gasteiger partial charge in [0.25, 0.3) is 0 Å². The third-order valence-corrected chi connectivity index (χ3v) is 5.18. The fraction of sp³-hybridized carbons (Fsp3) is 0.833. The molecule has 0 aromatic carbocycles. The molecule has 1 fully saturated rings. The molecule has 2 rings (SSSR count). The molecular weight excluding hydrogens is 348 g/mol. The number of rotatable bonds is 9. The Morgan fingerprint density at radius 1 is 1.46 bits per heavy atom. The van der Waals surface area contributed by atoms with Crippen LogP contribution in [0.25, 0.3) is 0 Å². The second-order valence-corrected chi connectivity index (χ2v) is 8.07. The average Bonchev–Trinajstić information content (AvgIpc) is 3.24. The molecule has 1 aromatic heterocycles. The molecule has 0 aliphatic carbocycles. The van der Waals surface area contributed by atoms with Crippen molar-refractivity contribution in [1.29, 1.82) is 0 Å². The Balaban J connectivity index is 1.79. The standard InChI is InChI=1S/C18H34N6OS/c1-14(2)11-24-16(21-22-18(24)26-5)7-6-9-20-17(19-3)23(4)12-15-8-10-25-13-15/h14-15H,6-13H2,1-5H3,(H,19,20). The first kappa shape index (κ1) is 21.0. The van der Waals surface area contributed by atoms with Crippen molar-refractivity contribution in [3.8, 4) is 0 Å². The molecule has 148 valence electrons. The highest BCUT2D eigenvalue weighted by Crippen LogP contribution is 2.17. The number of aryl methyl sites for hydroxylation is 1. The van der Waals surface area contributed by atoms with Crippen LogP contribution in [0.1, 0.15) is 32.5 Å². The Bertz CT molecular complexity index is 568. The molecule has 0 bridgehead atoms. The monoisotopic (exact) mass is 382 g/mol. The van der Waals surface area contributed by atoms with E-state index in [2.05, 4.69) is 57.1 Å². The zero-order valence-electron chi connectivity index (χ0n) is 16.9. The van der Waals surface area contributed by atoms with E-state index < -0.39 is 0 Å². The number of aliphatic imine (C=N–C) groups is 1. The van der Waals surface area contributed by atoms with Crippen LogP contribution < -0.4 is 5.32 Å². The van der Waals surface area contributed by atoms with E-state index in [1.807, 2.05) is 7.05 Å². The molecule has 1 aromatic rings. The minimum atomic E-state index is 0.584. The van der Waals surface area contributed by atoms with Crippen LogP contribution in [0.3, 0.4) is 0 Å². The summed E-state index contributed by atoms with van der Waals surface area (Å²) in [4.78, 5) is 6.60. The number of aromatic nitrogens is 3. The van der Waals surface area contributed by atoms with E-state index in [4.69, 9.17) is 4.74 Å². The quantitative estimate of drug-likeness (QED) is 0.305. The van der Waals surface area contributed by atoms with Gasteiger partial charge in [-0.1, -0.05) is 25.6 Å². The molecule has 0 saturated carbocycles. The first-order chi connectivity index (χ1) is 12.5. The van der Waals surface area contributed by atoms with E-state index >= 15 is 0 Å². The van der Waals surface area contributed by atoms with Gasteiger partial charge in [-0.05, 0) is 25.0 Å². The van der Waals surface area contributed by atoms with Crippen molar-refractivity contribution in [3.63, 3.8) is 0 Å². The predicted molar refractivity (Wildman–Crippen MR) is 108 cm³/mol. The minimum absolute atomic E-state index is 0.584. The molecule has 1 atom stereocenters. The summed E-state index contributed by atoms with van der Waals surface area (Å²) >= 11 is 1.66. The van der Waals surface area contributed by atoms with Crippen molar-refractivity contribution in [2.24, 2.45) is 16.8 Å². The van der Waals surface area contributed by atoms with Gasteiger partial charge in [-0.2, -0.15) is 0 Å². The Morgan fingerprint density at radius 2 is 2.27 bits per heavy atom. The van der Waals surface area contributed by atoms with E-state index in [1.54, 1.807) is 11.8 Å². The van der Waals surface area contributed by atoms with Gasteiger partial charge in [0.1, 0.15) is 5.82 Å². The summed E-state index contributed by atoms with van der Waals surface area (Å²) in [6.45, 7) is 9.04. The second kappa shape index (κ2) is 10.8. The zero-order valence-corrected chi connectivity index (χ0v) is 17.7. The molecular formula is C18H34N6OS. The van der Waals surface area contributed by atoms with Gasteiger partial charge in [0, 0.05) is 52.7 Å². The predicted octanol–water partition coefficient (Wildman–Crippen LogP) is 2.13. The topological polar surface area (TPSA) is 67.6 Å². The zero-order chi connectivity index (χ0) is 18.9. The number of thioether (sulfide) groups is 1. The number of guanidine groups is 1. The normalized spacial score (nSPS) is 17.9. The number of ether oxygens (including phenoxy) is 1. The van der Waals surface area contributed by atoms with Crippen molar-refractivity contribution in [2.75, 3.05) is 46.7 Å². The summed E-state index contributed by atoms with van der Waals surface area (Å²) in [6, 6.07) is 0.